The van der Waals surface area contributed by atoms with E-state index in [0.29, 0.717) is 11.6 Å². The summed E-state index contributed by atoms with van der Waals surface area (Å²) in [4.78, 5) is 12.9. The monoisotopic (exact) mass is 274 g/mol. The molecule has 2 aromatic rings. The molecule has 1 aromatic carbocycles. The molecular formula is C14H14N2O2S. The lowest BCUT2D eigenvalue weighted by Crippen LogP contribution is -2.14. The van der Waals surface area contributed by atoms with Gasteiger partial charge in [0.1, 0.15) is 0 Å². The Morgan fingerprint density at radius 2 is 2.16 bits per heavy atom. The first-order chi connectivity index (χ1) is 9.33. The highest BCUT2D eigenvalue weighted by Crippen LogP contribution is 2.28. The molecule has 1 amide bonds. The second-order valence-electron chi connectivity index (χ2n) is 4.44. The van der Waals surface area contributed by atoms with Crippen LogP contribution in [0.3, 0.4) is 0 Å². The Kier molecular flexibility index (Phi) is 3.55. The number of benzene rings is 1. The van der Waals surface area contributed by atoms with Crippen molar-refractivity contribution in [2.24, 2.45) is 0 Å². The van der Waals surface area contributed by atoms with Crippen LogP contribution < -0.4 is 5.32 Å². The van der Waals surface area contributed by atoms with Crippen molar-refractivity contribution in [3.05, 3.63) is 41.6 Å². The summed E-state index contributed by atoms with van der Waals surface area (Å²) >= 11 is 1.51. The Labute approximate surface area is 115 Å². The Balaban J connectivity index is 1.57. The summed E-state index contributed by atoms with van der Waals surface area (Å²) in [6, 6.07) is 9.86. The minimum Gasteiger partial charge on any atom is -0.338 e. The number of anilines is 1. The third-order valence-corrected chi connectivity index (χ3v) is 4.09. The maximum Gasteiger partial charge on any atom is 0.237 e. The largest absolute Gasteiger partial charge is 0.338 e. The van der Waals surface area contributed by atoms with Crippen LogP contribution in [0, 0.1) is 0 Å². The zero-order chi connectivity index (χ0) is 13.1. The molecule has 4 nitrogen and oxygen atoms in total. The van der Waals surface area contributed by atoms with Gasteiger partial charge in [-0.05, 0) is 31.4 Å². The Morgan fingerprint density at radius 1 is 1.32 bits per heavy atom. The smallest absolute Gasteiger partial charge is 0.237 e. The summed E-state index contributed by atoms with van der Waals surface area (Å²) in [5.74, 6) is 0.852. The van der Waals surface area contributed by atoms with Gasteiger partial charge in [-0.2, -0.15) is 0 Å². The van der Waals surface area contributed by atoms with E-state index in [4.69, 9.17) is 4.52 Å². The van der Waals surface area contributed by atoms with Gasteiger partial charge in [0, 0.05) is 10.5 Å². The van der Waals surface area contributed by atoms with E-state index in [9.17, 15) is 4.79 Å². The number of carbonyl (C=O) groups is 1. The van der Waals surface area contributed by atoms with Crippen molar-refractivity contribution in [2.75, 3.05) is 11.1 Å². The molecular weight excluding hydrogens is 260 g/mol. The molecule has 1 aromatic heterocycles. The van der Waals surface area contributed by atoms with E-state index in [1.807, 2.05) is 30.3 Å². The summed E-state index contributed by atoms with van der Waals surface area (Å²) in [6.45, 7) is 0. The van der Waals surface area contributed by atoms with Gasteiger partial charge in [-0.15, -0.1) is 11.8 Å². The fourth-order valence-electron chi connectivity index (χ4n) is 2.16. The minimum atomic E-state index is -0.0558. The van der Waals surface area contributed by atoms with Gasteiger partial charge in [0.2, 0.25) is 11.8 Å². The third-order valence-electron chi connectivity index (χ3n) is 3.08. The van der Waals surface area contributed by atoms with Gasteiger partial charge in [-0.3, -0.25) is 10.1 Å². The van der Waals surface area contributed by atoms with Gasteiger partial charge in [-0.25, -0.2) is 0 Å². The van der Waals surface area contributed by atoms with Crippen LogP contribution in [-0.4, -0.2) is 16.8 Å². The molecule has 0 saturated carbocycles. The highest BCUT2D eigenvalue weighted by atomic mass is 32.2. The molecule has 0 bridgehead atoms. The summed E-state index contributed by atoms with van der Waals surface area (Å²) in [6.07, 6.45) is 2.99. The number of rotatable bonds is 4. The summed E-state index contributed by atoms with van der Waals surface area (Å²) in [5, 5.41) is 6.78. The normalized spacial score (nSPS) is 13.3. The number of hydrogen-bond donors (Lipinski definition) is 1. The maximum absolute atomic E-state index is 11.9. The van der Waals surface area contributed by atoms with E-state index in [2.05, 4.69) is 10.5 Å². The third kappa shape index (κ3) is 2.81. The molecule has 19 heavy (non-hydrogen) atoms. The van der Waals surface area contributed by atoms with Gasteiger partial charge in [0.05, 0.1) is 11.4 Å². The topological polar surface area (TPSA) is 55.1 Å². The lowest BCUT2D eigenvalue weighted by molar-refractivity contribution is -0.113. The number of thioether (sulfide) groups is 1. The summed E-state index contributed by atoms with van der Waals surface area (Å²) in [5.41, 5.74) is 2.06. The lowest BCUT2D eigenvalue weighted by atomic mass is 10.2. The van der Waals surface area contributed by atoms with Crippen molar-refractivity contribution in [3.8, 4) is 0 Å². The average Bonchev–Trinajstić information content (AvgIpc) is 3.03. The number of hydrogen-bond acceptors (Lipinski definition) is 4. The molecule has 1 aliphatic rings. The van der Waals surface area contributed by atoms with Gasteiger partial charge < -0.3 is 4.52 Å². The number of nitrogens with one attached hydrogen (secondary N) is 1. The van der Waals surface area contributed by atoms with Gasteiger partial charge in [0.25, 0.3) is 0 Å². The minimum absolute atomic E-state index is 0.0558. The molecule has 3 rings (SSSR count). The molecule has 0 unspecified atom stereocenters. The predicted molar refractivity (Wildman–Crippen MR) is 74.3 cm³/mol. The second kappa shape index (κ2) is 5.48. The fraction of sp³-hybridized carbons (Fsp3) is 0.286. The molecule has 0 fully saturated rings. The molecule has 0 aliphatic heterocycles. The van der Waals surface area contributed by atoms with Gasteiger partial charge >= 0.3 is 0 Å². The first kappa shape index (κ1) is 12.3. The maximum atomic E-state index is 11.9. The molecule has 0 spiro atoms. The standard InChI is InChI=1S/C14H14N2O2S/c17-13(9-19-10-5-2-1-3-6-10)15-14-11-7-4-8-12(11)16-18-14/h1-3,5-6H,4,7-9H2,(H,15,17). The van der Waals surface area contributed by atoms with Crippen molar-refractivity contribution in [1.82, 2.24) is 5.16 Å². The SMILES string of the molecule is O=C(CSc1ccccc1)Nc1onc2c1CCC2. The van der Waals surface area contributed by atoms with Crippen molar-refractivity contribution in [3.63, 3.8) is 0 Å². The Bertz CT molecular complexity index is 580. The molecule has 1 aliphatic carbocycles. The molecule has 0 atom stereocenters. The molecule has 1 N–H and O–H groups in total. The van der Waals surface area contributed by atoms with E-state index in [1.165, 1.54) is 11.8 Å². The number of aryl methyl sites for hydroxylation is 1. The van der Waals surface area contributed by atoms with E-state index >= 15 is 0 Å². The molecule has 5 heteroatoms. The number of amides is 1. The van der Waals surface area contributed by atoms with Gasteiger partial charge in [0.15, 0.2) is 0 Å². The zero-order valence-electron chi connectivity index (χ0n) is 10.4. The van der Waals surface area contributed by atoms with Crippen LogP contribution in [0.2, 0.25) is 0 Å². The fourth-order valence-corrected chi connectivity index (χ4v) is 2.88. The highest BCUT2D eigenvalue weighted by Gasteiger charge is 2.22. The van der Waals surface area contributed by atoms with Crippen LogP contribution in [0.15, 0.2) is 39.8 Å². The van der Waals surface area contributed by atoms with Crippen molar-refractivity contribution in [1.29, 1.82) is 0 Å². The van der Waals surface area contributed by atoms with Crippen LogP contribution in [0.1, 0.15) is 17.7 Å². The van der Waals surface area contributed by atoms with Crippen LogP contribution in [0.25, 0.3) is 0 Å². The Hall–Kier alpha value is -1.75. The van der Waals surface area contributed by atoms with Crippen LogP contribution in [0.4, 0.5) is 5.88 Å². The first-order valence-corrected chi connectivity index (χ1v) is 7.26. The van der Waals surface area contributed by atoms with Crippen molar-refractivity contribution >= 4 is 23.6 Å². The van der Waals surface area contributed by atoms with E-state index < -0.39 is 0 Å². The van der Waals surface area contributed by atoms with E-state index in [-0.39, 0.29) is 5.91 Å². The first-order valence-electron chi connectivity index (χ1n) is 6.28. The Morgan fingerprint density at radius 3 is 3.00 bits per heavy atom. The van der Waals surface area contributed by atoms with Crippen LogP contribution in [0.5, 0.6) is 0 Å². The van der Waals surface area contributed by atoms with Crippen LogP contribution >= 0.6 is 11.8 Å². The number of carbonyl (C=O) groups excluding carboxylic acids is 1. The lowest BCUT2D eigenvalue weighted by Gasteiger charge is -2.03. The average molecular weight is 274 g/mol. The zero-order valence-corrected chi connectivity index (χ0v) is 11.2. The number of aromatic nitrogens is 1. The van der Waals surface area contributed by atoms with E-state index in [1.54, 1.807) is 0 Å². The number of nitrogens with zero attached hydrogens (tertiary/aromatic N) is 1. The second-order valence-corrected chi connectivity index (χ2v) is 5.49. The number of fused-ring (bicyclic) bond motifs is 1. The van der Waals surface area contributed by atoms with Crippen LogP contribution in [-0.2, 0) is 17.6 Å². The van der Waals surface area contributed by atoms with Crippen molar-refractivity contribution < 1.29 is 9.32 Å². The van der Waals surface area contributed by atoms with Gasteiger partial charge in [-0.1, -0.05) is 23.4 Å². The summed E-state index contributed by atoms with van der Waals surface area (Å²) < 4.78 is 5.17. The molecule has 98 valence electrons. The van der Waals surface area contributed by atoms with Crippen molar-refractivity contribution in [2.45, 2.75) is 24.2 Å². The predicted octanol–water partition coefficient (Wildman–Crippen LogP) is 2.89. The van der Waals surface area contributed by atoms with E-state index in [0.717, 1.165) is 35.4 Å². The highest BCUT2D eigenvalue weighted by molar-refractivity contribution is 8.00. The molecule has 1 heterocycles. The quantitative estimate of drug-likeness (QED) is 0.871. The molecule has 0 radical (unpaired) electrons. The summed E-state index contributed by atoms with van der Waals surface area (Å²) in [7, 11) is 0. The molecule has 0 saturated heterocycles.